The van der Waals surface area contributed by atoms with Gasteiger partial charge in [0.15, 0.2) is 0 Å². The maximum atomic E-state index is 12.5. The number of nitrogens with zero attached hydrogens (tertiary/aromatic N) is 4. The van der Waals surface area contributed by atoms with E-state index in [0.717, 1.165) is 16.8 Å². The third-order valence-corrected chi connectivity index (χ3v) is 4.44. The summed E-state index contributed by atoms with van der Waals surface area (Å²) in [5.41, 5.74) is 2.99. The number of hydrogen-bond acceptors (Lipinski definition) is 5. The Morgan fingerprint density at radius 2 is 2.07 bits per heavy atom. The van der Waals surface area contributed by atoms with Crippen molar-refractivity contribution in [2.75, 3.05) is 12.4 Å². The zero-order valence-corrected chi connectivity index (χ0v) is 15.7. The largest absolute Gasteiger partial charge is 0.497 e. The highest BCUT2D eigenvalue weighted by molar-refractivity contribution is 6.30. The molecule has 2 heterocycles. The number of pyridine rings is 1. The van der Waals surface area contributed by atoms with E-state index in [-0.39, 0.29) is 5.91 Å². The van der Waals surface area contributed by atoms with E-state index < -0.39 is 0 Å². The van der Waals surface area contributed by atoms with E-state index in [1.807, 2.05) is 30.3 Å². The summed E-state index contributed by atoms with van der Waals surface area (Å²) in [6.45, 7) is 0.550. The number of rotatable bonds is 5. The van der Waals surface area contributed by atoms with Gasteiger partial charge in [0.05, 0.1) is 24.2 Å². The molecule has 140 valence electrons. The van der Waals surface area contributed by atoms with Crippen LogP contribution in [0.4, 0.5) is 5.82 Å². The normalized spacial score (nSPS) is 10.8. The number of halogens is 1. The summed E-state index contributed by atoms with van der Waals surface area (Å²) in [6, 6.07) is 16.4. The molecule has 4 rings (SSSR count). The summed E-state index contributed by atoms with van der Waals surface area (Å²) in [7, 11) is 1.64. The molecule has 0 aliphatic rings. The molecule has 0 radical (unpaired) electrons. The number of carbonyl (C=O) groups excluding carboxylic acids is 1. The van der Waals surface area contributed by atoms with E-state index in [2.05, 4.69) is 20.6 Å². The fraction of sp³-hybridized carbons (Fsp3) is 0.100. The SMILES string of the molecule is COc1cccc(Cn2nnc3cc(C(=O)Nc4ccc(Cl)cn4)ccc32)c1. The zero-order chi connectivity index (χ0) is 19.5. The molecule has 0 aliphatic carbocycles. The van der Waals surface area contributed by atoms with Crippen LogP contribution in [0.25, 0.3) is 11.0 Å². The summed E-state index contributed by atoms with van der Waals surface area (Å²) in [4.78, 5) is 16.5. The van der Waals surface area contributed by atoms with E-state index in [1.165, 1.54) is 6.20 Å². The van der Waals surface area contributed by atoms with Crippen molar-refractivity contribution < 1.29 is 9.53 Å². The van der Waals surface area contributed by atoms with E-state index >= 15 is 0 Å². The Bertz CT molecular complexity index is 1140. The first-order valence-corrected chi connectivity index (χ1v) is 8.89. The Morgan fingerprint density at radius 1 is 1.18 bits per heavy atom. The van der Waals surface area contributed by atoms with Crippen molar-refractivity contribution in [2.24, 2.45) is 0 Å². The summed E-state index contributed by atoms with van der Waals surface area (Å²) in [5.74, 6) is 0.937. The highest BCUT2D eigenvalue weighted by Gasteiger charge is 2.11. The Morgan fingerprint density at radius 3 is 2.86 bits per heavy atom. The van der Waals surface area contributed by atoms with E-state index in [9.17, 15) is 4.79 Å². The van der Waals surface area contributed by atoms with Crippen LogP contribution in [-0.4, -0.2) is 33.0 Å². The molecule has 8 heteroatoms. The molecule has 0 spiro atoms. The minimum absolute atomic E-state index is 0.279. The first-order chi connectivity index (χ1) is 13.6. The lowest BCUT2D eigenvalue weighted by molar-refractivity contribution is 0.102. The number of nitrogens with one attached hydrogen (secondary N) is 1. The van der Waals surface area contributed by atoms with Gasteiger partial charge in [0.2, 0.25) is 0 Å². The van der Waals surface area contributed by atoms with Crippen LogP contribution in [0.2, 0.25) is 5.02 Å². The third kappa shape index (κ3) is 3.79. The molecule has 28 heavy (non-hydrogen) atoms. The van der Waals surface area contributed by atoms with Gasteiger partial charge < -0.3 is 10.1 Å². The van der Waals surface area contributed by atoms with Crippen molar-refractivity contribution in [3.63, 3.8) is 0 Å². The van der Waals surface area contributed by atoms with E-state index in [4.69, 9.17) is 16.3 Å². The van der Waals surface area contributed by atoms with Crippen LogP contribution in [0.5, 0.6) is 5.75 Å². The molecule has 0 atom stereocenters. The van der Waals surface area contributed by atoms with Crippen LogP contribution < -0.4 is 10.1 Å². The lowest BCUT2D eigenvalue weighted by Gasteiger charge is -2.06. The van der Waals surface area contributed by atoms with Crippen molar-refractivity contribution >= 4 is 34.4 Å². The fourth-order valence-electron chi connectivity index (χ4n) is 2.81. The summed E-state index contributed by atoms with van der Waals surface area (Å²) in [6.07, 6.45) is 1.48. The Labute approximate surface area is 165 Å². The molecule has 0 saturated heterocycles. The molecule has 4 aromatic rings. The Kier molecular flexibility index (Phi) is 4.90. The third-order valence-electron chi connectivity index (χ3n) is 4.21. The Balaban J connectivity index is 1.55. The second-order valence-corrected chi connectivity index (χ2v) is 6.55. The summed E-state index contributed by atoms with van der Waals surface area (Å²) in [5, 5.41) is 11.6. The summed E-state index contributed by atoms with van der Waals surface area (Å²) < 4.78 is 7.04. The van der Waals surface area contributed by atoms with Crippen LogP contribution >= 0.6 is 11.6 Å². The first-order valence-electron chi connectivity index (χ1n) is 8.51. The maximum absolute atomic E-state index is 12.5. The predicted molar refractivity (Wildman–Crippen MR) is 107 cm³/mol. The minimum Gasteiger partial charge on any atom is -0.497 e. The highest BCUT2D eigenvalue weighted by Crippen LogP contribution is 2.18. The monoisotopic (exact) mass is 393 g/mol. The van der Waals surface area contributed by atoms with Gasteiger partial charge in [0.25, 0.3) is 5.91 Å². The summed E-state index contributed by atoms with van der Waals surface area (Å²) >= 11 is 5.81. The number of ether oxygens (including phenoxy) is 1. The van der Waals surface area contributed by atoms with Gasteiger partial charge in [-0.1, -0.05) is 28.9 Å². The lowest BCUT2D eigenvalue weighted by atomic mass is 10.1. The van der Waals surface area contributed by atoms with Crippen molar-refractivity contribution in [2.45, 2.75) is 6.54 Å². The average molecular weight is 394 g/mol. The van der Waals surface area contributed by atoms with Gasteiger partial charge in [0, 0.05) is 11.8 Å². The number of methoxy groups -OCH3 is 1. The van der Waals surface area contributed by atoms with Crippen LogP contribution in [-0.2, 0) is 6.54 Å². The van der Waals surface area contributed by atoms with Gasteiger partial charge in [-0.25, -0.2) is 9.67 Å². The average Bonchev–Trinajstić information content (AvgIpc) is 3.12. The molecule has 7 nitrogen and oxygen atoms in total. The fourth-order valence-corrected chi connectivity index (χ4v) is 2.92. The first kappa shape index (κ1) is 17.9. The number of aromatic nitrogens is 4. The van der Waals surface area contributed by atoms with Gasteiger partial charge in [-0.15, -0.1) is 5.10 Å². The second kappa shape index (κ2) is 7.66. The zero-order valence-electron chi connectivity index (χ0n) is 15.0. The number of anilines is 1. The molecule has 1 N–H and O–H groups in total. The van der Waals surface area contributed by atoms with Crippen molar-refractivity contribution in [1.82, 2.24) is 20.0 Å². The van der Waals surface area contributed by atoms with Crippen molar-refractivity contribution in [3.8, 4) is 5.75 Å². The van der Waals surface area contributed by atoms with Gasteiger partial charge in [-0.3, -0.25) is 4.79 Å². The van der Waals surface area contributed by atoms with Gasteiger partial charge in [-0.05, 0) is 48.0 Å². The highest BCUT2D eigenvalue weighted by atomic mass is 35.5. The number of hydrogen-bond donors (Lipinski definition) is 1. The maximum Gasteiger partial charge on any atom is 0.256 e. The van der Waals surface area contributed by atoms with Crippen LogP contribution in [0.1, 0.15) is 15.9 Å². The molecule has 1 amide bonds. The van der Waals surface area contributed by atoms with E-state index in [0.29, 0.717) is 28.5 Å². The molecule has 0 bridgehead atoms. The van der Waals surface area contributed by atoms with Gasteiger partial charge >= 0.3 is 0 Å². The molecule has 2 aromatic heterocycles. The van der Waals surface area contributed by atoms with Crippen molar-refractivity contribution in [3.05, 3.63) is 76.9 Å². The minimum atomic E-state index is -0.279. The predicted octanol–water partition coefficient (Wildman–Crippen LogP) is 3.79. The van der Waals surface area contributed by atoms with Crippen molar-refractivity contribution in [1.29, 1.82) is 0 Å². The lowest BCUT2D eigenvalue weighted by Crippen LogP contribution is -2.12. The number of fused-ring (bicyclic) bond motifs is 1. The van der Waals surface area contributed by atoms with Gasteiger partial charge in [0.1, 0.15) is 17.1 Å². The molecule has 0 aliphatic heterocycles. The standard InChI is InChI=1S/C20H16ClN5O2/c1-28-16-4-2-3-13(9-16)12-26-18-7-5-14(10-17(18)24-25-26)20(27)23-19-8-6-15(21)11-22-19/h2-11H,12H2,1H3,(H,22,23,27). The molecular formula is C20H16ClN5O2. The quantitative estimate of drug-likeness (QED) is 0.557. The number of benzene rings is 2. The van der Waals surface area contributed by atoms with E-state index in [1.54, 1.807) is 36.1 Å². The number of amides is 1. The molecular weight excluding hydrogens is 378 g/mol. The Hall–Kier alpha value is -3.45. The molecule has 0 fully saturated rings. The van der Waals surface area contributed by atoms with Crippen LogP contribution in [0, 0.1) is 0 Å². The molecule has 0 unspecified atom stereocenters. The van der Waals surface area contributed by atoms with Crippen LogP contribution in [0.15, 0.2) is 60.8 Å². The number of carbonyl (C=O) groups is 1. The smallest absolute Gasteiger partial charge is 0.256 e. The van der Waals surface area contributed by atoms with Crippen LogP contribution in [0.3, 0.4) is 0 Å². The topological polar surface area (TPSA) is 81.9 Å². The molecule has 0 saturated carbocycles. The molecule has 2 aromatic carbocycles. The second-order valence-electron chi connectivity index (χ2n) is 6.12. The van der Waals surface area contributed by atoms with Gasteiger partial charge in [-0.2, -0.15) is 0 Å².